The van der Waals surface area contributed by atoms with Crippen LogP contribution in [-0.2, 0) is 10.4 Å². The highest BCUT2D eigenvalue weighted by atomic mass is 35.5. The molecule has 1 heterocycles. The molecule has 0 radical (unpaired) electrons. The maximum atomic E-state index is 9.26. The van der Waals surface area contributed by atoms with Crippen LogP contribution >= 0.6 is 11.6 Å². The lowest BCUT2D eigenvalue weighted by Crippen LogP contribution is -2.28. The number of aromatic nitrogens is 1. The van der Waals surface area contributed by atoms with Crippen LogP contribution < -0.4 is 5.73 Å². The van der Waals surface area contributed by atoms with Crippen LogP contribution in [-0.4, -0.2) is 4.98 Å². The topological polar surface area (TPSA) is 62.7 Å². The quantitative estimate of drug-likeness (QED) is 0.841. The van der Waals surface area contributed by atoms with Crippen molar-refractivity contribution in [1.29, 1.82) is 5.26 Å². The average molecular weight is 272 g/mol. The molecule has 2 aliphatic carbocycles. The summed E-state index contributed by atoms with van der Waals surface area (Å²) in [5.41, 5.74) is 7.79. The smallest absolute Gasteiger partial charge is 0.109 e. The molecule has 1 aromatic heterocycles. The molecule has 0 saturated heterocycles. The number of pyridine rings is 1. The number of hydrogen-bond acceptors (Lipinski definition) is 3. The summed E-state index contributed by atoms with van der Waals surface area (Å²) in [7, 11) is 0. The van der Waals surface area contributed by atoms with Crippen LogP contribution in [0.2, 0.25) is 0 Å². The summed E-state index contributed by atoms with van der Waals surface area (Å²) < 4.78 is 0. The summed E-state index contributed by atoms with van der Waals surface area (Å²) in [4.78, 5) is 3.40. The third-order valence-corrected chi connectivity index (χ3v) is 4.47. The fourth-order valence-electron chi connectivity index (χ4n) is 2.37. The zero-order chi connectivity index (χ0) is 13.5. The number of allylic oxidation sites excluding steroid dienone is 4. The van der Waals surface area contributed by atoms with Gasteiger partial charge in [-0.15, -0.1) is 11.6 Å². The molecule has 0 spiro atoms. The predicted molar refractivity (Wildman–Crippen MR) is 74.3 cm³/mol. The highest BCUT2D eigenvalue weighted by Gasteiger charge is 2.42. The van der Waals surface area contributed by atoms with Crippen LogP contribution in [0.3, 0.4) is 0 Å². The van der Waals surface area contributed by atoms with Crippen molar-refractivity contribution in [3.8, 4) is 6.07 Å². The van der Waals surface area contributed by atoms with Crippen molar-refractivity contribution in [2.24, 2.45) is 11.7 Å². The van der Waals surface area contributed by atoms with Crippen LogP contribution in [0.1, 0.15) is 24.0 Å². The summed E-state index contributed by atoms with van der Waals surface area (Å²) in [6.45, 7) is 0. The molecule has 2 aliphatic rings. The van der Waals surface area contributed by atoms with Crippen LogP contribution in [0, 0.1) is 17.2 Å². The van der Waals surface area contributed by atoms with Gasteiger partial charge < -0.3 is 5.73 Å². The van der Waals surface area contributed by atoms with E-state index in [-0.39, 0.29) is 5.54 Å². The first-order valence-electron chi connectivity index (χ1n) is 6.28. The van der Waals surface area contributed by atoms with E-state index in [4.69, 9.17) is 17.3 Å². The van der Waals surface area contributed by atoms with Gasteiger partial charge in [-0.3, -0.25) is 4.98 Å². The SMILES string of the molecule is N#CC1C=CC=CC1(Cl)c1cncc(C2(N)CC2)c1. The first-order valence-corrected chi connectivity index (χ1v) is 6.66. The number of rotatable bonds is 2. The third-order valence-electron chi connectivity index (χ3n) is 3.89. The Kier molecular flexibility index (Phi) is 2.74. The zero-order valence-corrected chi connectivity index (χ0v) is 11.1. The Balaban J connectivity index is 2.04. The second kappa shape index (κ2) is 4.19. The van der Waals surface area contributed by atoms with E-state index < -0.39 is 10.8 Å². The monoisotopic (exact) mass is 271 g/mol. The lowest BCUT2D eigenvalue weighted by Gasteiger charge is -2.29. The van der Waals surface area contributed by atoms with Gasteiger partial charge in [-0.1, -0.05) is 24.3 Å². The van der Waals surface area contributed by atoms with Gasteiger partial charge in [0.25, 0.3) is 0 Å². The van der Waals surface area contributed by atoms with E-state index in [2.05, 4.69) is 11.1 Å². The van der Waals surface area contributed by atoms with Gasteiger partial charge in [-0.05, 0) is 30.0 Å². The molecular weight excluding hydrogens is 258 g/mol. The third kappa shape index (κ3) is 1.98. The van der Waals surface area contributed by atoms with Crippen molar-refractivity contribution >= 4 is 11.6 Å². The summed E-state index contributed by atoms with van der Waals surface area (Å²) in [6.07, 6.45) is 12.8. The van der Waals surface area contributed by atoms with Crippen molar-refractivity contribution < 1.29 is 0 Å². The molecule has 0 aromatic carbocycles. The van der Waals surface area contributed by atoms with E-state index in [0.29, 0.717) is 0 Å². The molecule has 3 nitrogen and oxygen atoms in total. The van der Waals surface area contributed by atoms with Gasteiger partial charge in [-0.2, -0.15) is 5.26 Å². The van der Waals surface area contributed by atoms with E-state index in [1.165, 1.54) is 0 Å². The molecule has 2 N–H and O–H groups in total. The van der Waals surface area contributed by atoms with Crippen molar-refractivity contribution in [3.05, 3.63) is 53.9 Å². The highest BCUT2D eigenvalue weighted by molar-refractivity contribution is 6.26. The summed E-state index contributed by atoms with van der Waals surface area (Å²) in [5, 5.41) is 9.26. The maximum absolute atomic E-state index is 9.26. The lowest BCUT2D eigenvalue weighted by molar-refractivity contribution is 0.630. The second-order valence-electron chi connectivity index (χ2n) is 5.24. The standard InChI is InChI=1S/C15H14ClN3/c16-15(4-2-1-3-11(15)8-17)13-7-12(9-19-10-13)14(18)5-6-14/h1-4,7,9-11H,5-6,18H2. The van der Waals surface area contributed by atoms with Crippen molar-refractivity contribution in [2.45, 2.75) is 23.3 Å². The fraction of sp³-hybridized carbons (Fsp3) is 0.333. The minimum atomic E-state index is -0.849. The van der Waals surface area contributed by atoms with Crippen LogP contribution in [0.4, 0.5) is 0 Å². The molecule has 0 aliphatic heterocycles. The molecule has 2 unspecified atom stereocenters. The fourth-order valence-corrected chi connectivity index (χ4v) is 2.67. The van der Waals surface area contributed by atoms with Crippen LogP contribution in [0.5, 0.6) is 0 Å². The Morgan fingerprint density at radius 1 is 1.32 bits per heavy atom. The number of hydrogen-bond donors (Lipinski definition) is 1. The van der Waals surface area contributed by atoms with Gasteiger partial charge in [0.1, 0.15) is 4.87 Å². The Hall–Kier alpha value is -1.63. The zero-order valence-electron chi connectivity index (χ0n) is 10.4. The van der Waals surface area contributed by atoms with E-state index in [1.54, 1.807) is 12.4 Å². The van der Waals surface area contributed by atoms with E-state index in [0.717, 1.165) is 24.0 Å². The molecule has 1 saturated carbocycles. The normalized spacial score (nSPS) is 30.9. The Bertz CT molecular complexity index is 610. The van der Waals surface area contributed by atoms with Gasteiger partial charge in [0.05, 0.1) is 12.0 Å². The van der Waals surface area contributed by atoms with Crippen molar-refractivity contribution in [1.82, 2.24) is 4.98 Å². The highest BCUT2D eigenvalue weighted by Crippen LogP contribution is 2.45. The van der Waals surface area contributed by atoms with Gasteiger partial charge in [0.2, 0.25) is 0 Å². The van der Waals surface area contributed by atoms with E-state index in [1.807, 2.05) is 30.4 Å². The molecule has 2 atom stereocenters. The van der Waals surface area contributed by atoms with Crippen LogP contribution in [0.15, 0.2) is 42.8 Å². The number of halogens is 1. The van der Waals surface area contributed by atoms with Gasteiger partial charge in [0, 0.05) is 17.9 Å². The summed E-state index contributed by atoms with van der Waals surface area (Å²) >= 11 is 6.67. The van der Waals surface area contributed by atoms with Gasteiger partial charge in [0.15, 0.2) is 0 Å². The molecule has 0 bridgehead atoms. The van der Waals surface area contributed by atoms with Crippen molar-refractivity contribution in [2.75, 3.05) is 0 Å². The average Bonchev–Trinajstić information content (AvgIpc) is 3.19. The molecule has 1 fully saturated rings. The largest absolute Gasteiger partial charge is 0.321 e. The van der Waals surface area contributed by atoms with E-state index >= 15 is 0 Å². The van der Waals surface area contributed by atoms with Crippen LogP contribution in [0.25, 0.3) is 0 Å². The number of alkyl halides is 1. The first-order chi connectivity index (χ1) is 9.08. The minimum Gasteiger partial charge on any atom is -0.321 e. The number of nitrogens with two attached hydrogens (primary N) is 1. The Morgan fingerprint density at radius 3 is 2.74 bits per heavy atom. The lowest BCUT2D eigenvalue weighted by atomic mass is 9.83. The minimum absolute atomic E-state index is 0.243. The molecule has 3 rings (SSSR count). The van der Waals surface area contributed by atoms with Crippen molar-refractivity contribution in [3.63, 3.8) is 0 Å². The second-order valence-corrected chi connectivity index (χ2v) is 5.86. The molecule has 19 heavy (non-hydrogen) atoms. The van der Waals surface area contributed by atoms with Gasteiger partial charge in [-0.25, -0.2) is 0 Å². The maximum Gasteiger partial charge on any atom is 0.109 e. The molecule has 1 aromatic rings. The number of nitriles is 1. The molecule has 4 heteroatoms. The Morgan fingerprint density at radius 2 is 2.05 bits per heavy atom. The molecular formula is C15H14ClN3. The molecule has 0 amide bonds. The predicted octanol–water partition coefficient (Wildman–Crippen LogP) is 2.73. The summed E-state index contributed by atoms with van der Waals surface area (Å²) in [5.74, 6) is -0.399. The van der Waals surface area contributed by atoms with E-state index in [9.17, 15) is 5.26 Å². The summed E-state index contributed by atoms with van der Waals surface area (Å²) in [6, 6.07) is 4.22. The Labute approximate surface area is 117 Å². The molecule has 96 valence electrons. The first kappa shape index (κ1) is 12.4. The van der Waals surface area contributed by atoms with Gasteiger partial charge >= 0.3 is 0 Å². The number of nitrogens with zero attached hydrogens (tertiary/aromatic N) is 2.